The topological polar surface area (TPSA) is 27.7 Å². The molecule has 1 aromatic rings. The van der Waals surface area contributed by atoms with Crippen LogP contribution in [0, 0.1) is 0 Å². The van der Waals surface area contributed by atoms with Gasteiger partial charge in [0.05, 0.1) is 4.97 Å². The molecule has 0 aliphatic rings. The largest absolute Gasteiger partial charge is 0.168 e. The number of rotatable bonds is 6. The minimum absolute atomic E-state index is 0.299. The first kappa shape index (κ1) is 12.1. The van der Waals surface area contributed by atoms with E-state index in [1.807, 2.05) is 18.2 Å². The maximum atomic E-state index is 5.42. The van der Waals surface area contributed by atoms with Crippen LogP contribution in [0.3, 0.4) is 0 Å². The lowest BCUT2D eigenvalue weighted by molar-refractivity contribution is -1.35. The third-order valence-electron chi connectivity index (χ3n) is 2.22. The zero-order valence-electron chi connectivity index (χ0n) is 9.47. The smallest absolute Gasteiger partial charge is 0.135 e. The van der Waals surface area contributed by atoms with E-state index in [0.717, 1.165) is 6.42 Å². The van der Waals surface area contributed by atoms with Crippen molar-refractivity contribution in [2.24, 2.45) is 0 Å². The summed E-state index contributed by atoms with van der Waals surface area (Å²) in [7, 11) is 4.75. The van der Waals surface area contributed by atoms with Crippen LogP contribution in [0.25, 0.3) is 0 Å². The van der Waals surface area contributed by atoms with Gasteiger partial charge in [-0.15, -0.1) is 14.5 Å². The molecular formula is C11H18NO3+. The molecule has 4 heteroatoms. The Labute approximate surface area is 90.4 Å². The van der Waals surface area contributed by atoms with Crippen LogP contribution >= 0.6 is 0 Å². The van der Waals surface area contributed by atoms with E-state index in [-0.39, 0.29) is 4.97 Å². The molecule has 4 nitrogen and oxygen atoms in total. The Morgan fingerprint density at radius 2 is 1.67 bits per heavy atom. The van der Waals surface area contributed by atoms with E-state index in [0.29, 0.717) is 6.61 Å². The Morgan fingerprint density at radius 3 is 2.20 bits per heavy atom. The van der Waals surface area contributed by atoms with E-state index < -0.39 is 0 Å². The fourth-order valence-electron chi connectivity index (χ4n) is 1.15. The number of benzene rings is 1. The van der Waals surface area contributed by atoms with Crippen molar-refractivity contribution in [3.63, 3.8) is 0 Å². The molecule has 0 N–H and O–H groups in total. The molecule has 0 aliphatic carbocycles. The SMILES string of the molecule is CO[N+](C)(OC)OCCc1ccccc1. The summed E-state index contributed by atoms with van der Waals surface area (Å²) in [6.07, 6.45) is 0.835. The highest BCUT2D eigenvalue weighted by atomic mass is 17.2. The molecule has 0 spiro atoms. The Hall–Kier alpha value is -0.940. The highest BCUT2D eigenvalue weighted by molar-refractivity contribution is 5.14. The number of hydrogen-bond donors (Lipinski definition) is 0. The monoisotopic (exact) mass is 212 g/mol. The molecule has 0 radical (unpaired) electrons. The van der Waals surface area contributed by atoms with Gasteiger partial charge in [0.1, 0.15) is 20.8 Å². The normalized spacial score (nSPS) is 11.7. The lowest BCUT2D eigenvalue weighted by atomic mass is 10.2. The van der Waals surface area contributed by atoms with Crippen molar-refractivity contribution in [2.45, 2.75) is 6.42 Å². The quantitative estimate of drug-likeness (QED) is 0.531. The first-order valence-electron chi connectivity index (χ1n) is 4.86. The predicted octanol–water partition coefficient (Wildman–Crippen LogP) is 1.73. The minimum atomic E-state index is -0.299. The van der Waals surface area contributed by atoms with Crippen LogP contribution in [0.15, 0.2) is 30.3 Å². The summed E-state index contributed by atoms with van der Waals surface area (Å²) in [5, 5.41) is 0. The maximum Gasteiger partial charge on any atom is 0.168 e. The zero-order chi connectivity index (χ0) is 11.1. The van der Waals surface area contributed by atoms with Crippen molar-refractivity contribution in [1.82, 2.24) is 0 Å². The molecule has 0 aromatic heterocycles. The van der Waals surface area contributed by atoms with Crippen LogP contribution in [0.2, 0.25) is 0 Å². The second-order valence-electron chi connectivity index (χ2n) is 3.21. The number of quaternary nitrogens is 1. The summed E-state index contributed by atoms with van der Waals surface area (Å²) in [6.45, 7) is 0.544. The second-order valence-corrected chi connectivity index (χ2v) is 3.21. The molecule has 0 saturated carbocycles. The second kappa shape index (κ2) is 5.82. The van der Waals surface area contributed by atoms with Crippen molar-refractivity contribution in [3.8, 4) is 0 Å². The standard InChI is InChI=1S/C11H18NO3/c1-12(13-2,14-3)15-10-9-11-7-5-4-6-8-11/h4-8H,9-10H2,1-3H3/q+1. The van der Waals surface area contributed by atoms with Crippen LogP contribution in [-0.4, -0.2) is 32.8 Å². The molecule has 84 valence electrons. The molecule has 0 saturated heterocycles. The molecule has 0 aliphatic heterocycles. The molecule has 0 atom stereocenters. The van der Waals surface area contributed by atoms with E-state index >= 15 is 0 Å². The molecule has 1 rings (SSSR count). The molecule has 0 heterocycles. The lowest BCUT2D eigenvalue weighted by Crippen LogP contribution is -2.42. The van der Waals surface area contributed by atoms with E-state index in [1.54, 1.807) is 7.05 Å². The molecular weight excluding hydrogens is 194 g/mol. The minimum Gasteiger partial charge on any atom is -0.135 e. The van der Waals surface area contributed by atoms with Gasteiger partial charge in [0.25, 0.3) is 0 Å². The fraction of sp³-hybridized carbons (Fsp3) is 0.455. The maximum absolute atomic E-state index is 5.42. The summed E-state index contributed by atoms with van der Waals surface area (Å²) in [4.78, 5) is 15.2. The molecule has 0 unspecified atom stereocenters. The summed E-state index contributed by atoms with van der Waals surface area (Å²) in [5.41, 5.74) is 1.23. The molecule has 0 fully saturated rings. The average Bonchev–Trinajstić information content (AvgIpc) is 2.30. The fourth-order valence-corrected chi connectivity index (χ4v) is 1.15. The van der Waals surface area contributed by atoms with Crippen molar-refractivity contribution < 1.29 is 19.5 Å². The van der Waals surface area contributed by atoms with Crippen molar-refractivity contribution >= 4 is 0 Å². The first-order chi connectivity index (χ1) is 7.20. The van der Waals surface area contributed by atoms with Gasteiger partial charge in [0, 0.05) is 6.42 Å². The van der Waals surface area contributed by atoms with Crippen molar-refractivity contribution in [3.05, 3.63) is 35.9 Å². The van der Waals surface area contributed by atoms with Crippen LogP contribution in [0.1, 0.15) is 5.56 Å². The highest BCUT2D eigenvalue weighted by Gasteiger charge is 2.23. The van der Waals surface area contributed by atoms with Gasteiger partial charge >= 0.3 is 0 Å². The first-order valence-corrected chi connectivity index (χ1v) is 4.86. The third kappa shape index (κ3) is 3.97. The van der Waals surface area contributed by atoms with Crippen LogP contribution in [0.4, 0.5) is 0 Å². The van der Waals surface area contributed by atoms with Crippen LogP contribution in [0.5, 0.6) is 0 Å². The Kier molecular flexibility index (Phi) is 4.71. The summed E-state index contributed by atoms with van der Waals surface area (Å²) in [5.74, 6) is 0. The van der Waals surface area contributed by atoms with Crippen LogP contribution < -0.4 is 0 Å². The number of hydrogen-bond acceptors (Lipinski definition) is 3. The van der Waals surface area contributed by atoms with Crippen LogP contribution in [-0.2, 0) is 20.9 Å². The third-order valence-corrected chi connectivity index (χ3v) is 2.22. The Bertz CT molecular complexity index is 272. The summed E-state index contributed by atoms with van der Waals surface area (Å²) >= 11 is 0. The highest BCUT2D eigenvalue weighted by Crippen LogP contribution is 2.06. The molecule has 15 heavy (non-hydrogen) atoms. The Morgan fingerprint density at radius 1 is 1.07 bits per heavy atom. The van der Waals surface area contributed by atoms with Gasteiger partial charge in [-0.05, 0) is 5.56 Å². The van der Waals surface area contributed by atoms with Gasteiger partial charge in [-0.2, -0.15) is 0 Å². The molecule has 1 aromatic carbocycles. The van der Waals surface area contributed by atoms with Gasteiger partial charge in [0.15, 0.2) is 7.05 Å². The molecule has 0 amide bonds. The molecule has 0 bridgehead atoms. The summed E-state index contributed by atoms with van der Waals surface area (Å²) < 4.78 is 0. The van der Waals surface area contributed by atoms with Crippen molar-refractivity contribution in [1.29, 1.82) is 0 Å². The Balaban J connectivity index is 2.33. The van der Waals surface area contributed by atoms with Gasteiger partial charge in [-0.25, -0.2) is 0 Å². The van der Waals surface area contributed by atoms with E-state index in [4.69, 9.17) is 14.5 Å². The van der Waals surface area contributed by atoms with E-state index in [2.05, 4.69) is 12.1 Å². The van der Waals surface area contributed by atoms with Gasteiger partial charge in [0.2, 0.25) is 0 Å². The predicted molar refractivity (Wildman–Crippen MR) is 56.3 cm³/mol. The lowest BCUT2D eigenvalue weighted by Gasteiger charge is -2.21. The van der Waals surface area contributed by atoms with Gasteiger partial charge < -0.3 is 0 Å². The van der Waals surface area contributed by atoms with E-state index in [1.165, 1.54) is 19.8 Å². The summed E-state index contributed by atoms with van der Waals surface area (Å²) in [6, 6.07) is 10.1. The van der Waals surface area contributed by atoms with Gasteiger partial charge in [-0.3, -0.25) is 0 Å². The van der Waals surface area contributed by atoms with Gasteiger partial charge in [-0.1, -0.05) is 30.3 Å². The zero-order valence-corrected chi connectivity index (χ0v) is 9.47. The average molecular weight is 212 g/mol. The van der Waals surface area contributed by atoms with Crippen molar-refractivity contribution in [2.75, 3.05) is 27.9 Å². The van der Waals surface area contributed by atoms with E-state index in [9.17, 15) is 0 Å². The number of nitrogens with zero attached hydrogens (tertiary/aromatic N) is 1. The number of hydroxylamine groups is 3.